The van der Waals surface area contributed by atoms with Crippen molar-refractivity contribution in [2.75, 3.05) is 4.90 Å². The second-order valence-corrected chi connectivity index (χ2v) is 14.0. The third kappa shape index (κ3) is 5.74. The van der Waals surface area contributed by atoms with Crippen LogP contribution in [0.1, 0.15) is 18.4 Å². The van der Waals surface area contributed by atoms with Crippen LogP contribution in [0.25, 0.3) is 47.6 Å². The van der Waals surface area contributed by atoms with Crippen LogP contribution in [0.2, 0.25) is 0 Å². The fourth-order valence-electron chi connectivity index (χ4n) is 7.28. The van der Waals surface area contributed by atoms with E-state index in [4.69, 9.17) is 0 Å². The van der Waals surface area contributed by atoms with Gasteiger partial charge in [0.1, 0.15) is 0 Å². The Kier molecular flexibility index (Phi) is 7.93. The van der Waals surface area contributed by atoms with Gasteiger partial charge >= 0.3 is 0 Å². The van der Waals surface area contributed by atoms with Crippen LogP contribution in [-0.4, -0.2) is 0 Å². The zero-order valence-corrected chi connectivity index (χ0v) is 28.5. The predicted octanol–water partition coefficient (Wildman–Crippen LogP) is 14.1. The molecule has 1 heterocycles. The summed E-state index contributed by atoms with van der Waals surface area (Å²) >= 11 is 1.86. The van der Waals surface area contributed by atoms with Crippen molar-refractivity contribution in [2.45, 2.75) is 12.8 Å². The van der Waals surface area contributed by atoms with E-state index < -0.39 is 0 Å². The summed E-state index contributed by atoms with van der Waals surface area (Å²) in [5, 5.41) is 5.11. The molecule has 50 heavy (non-hydrogen) atoms. The molecule has 9 rings (SSSR count). The molecule has 0 radical (unpaired) electrons. The summed E-state index contributed by atoms with van der Waals surface area (Å²) in [5.74, 6) is 0. The topological polar surface area (TPSA) is 3.24 Å². The fourth-order valence-corrected chi connectivity index (χ4v) is 8.36. The highest BCUT2D eigenvalue weighted by Gasteiger charge is 2.17. The molecule has 2 heteroatoms. The van der Waals surface area contributed by atoms with Crippen LogP contribution in [0.5, 0.6) is 0 Å². The number of nitrogens with zero attached hydrogens (tertiary/aromatic N) is 1. The smallest absolute Gasteiger partial charge is 0.0468 e. The fraction of sp³-hybridized carbons (Fsp3) is 0.0417. The molecule has 0 aliphatic heterocycles. The maximum atomic E-state index is 2.41. The quantitative estimate of drug-likeness (QED) is 0.172. The van der Waals surface area contributed by atoms with Crippen molar-refractivity contribution in [3.8, 4) is 11.1 Å². The molecule has 0 amide bonds. The molecule has 0 bridgehead atoms. The Morgan fingerprint density at radius 1 is 0.540 bits per heavy atom. The maximum absolute atomic E-state index is 2.41. The van der Waals surface area contributed by atoms with Crippen LogP contribution >= 0.6 is 11.3 Å². The van der Waals surface area contributed by atoms with Crippen molar-refractivity contribution in [1.29, 1.82) is 0 Å². The first kappa shape index (κ1) is 30.1. The molecule has 238 valence electrons. The molecule has 0 saturated carbocycles. The predicted molar refractivity (Wildman–Crippen MR) is 218 cm³/mol. The molecule has 0 N–H and O–H groups in total. The summed E-state index contributed by atoms with van der Waals surface area (Å²) < 4.78 is 2.62. The van der Waals surface area contributed by atoms with E-state index in [0.29, 0.717) is 0 Å². The summed E-state index contributed by atoms with van der Waals surface area (Å²) in [6.45, 7) is 0. The Morgan fingerprint density at radius 2 is 1.26 bits per heavy atom. The van der Waals surface area contributed by atoms with Crippen LogP contribution in [0, 0.1) is 0 Å². The van der Waals surface area contributed by atoms with Gasteiger partial charge in [0.25, 0.3) is 0 Å². The number of fused-ring (bicyclic) bond motifs is 4. The van der Waals surface area contributed by atoms with Crippen molar-refractivity contribution >= 4 is 64.9 Å². The highest BCUT2D eigenvalue weighted by atomic mass is 32.1. The van der Waals surface area contributed by atoms with Crippen LogP contribution < -0.4 is 4.90 Å². The monoisotopic (exact) mass is 657 g/mol. The van der Waals surface area contributed by atoms with E-state index in [1.807, 2.05) is 11.3 Å². The molecular weight excluding hydrogens is 623 g/mol. The van der Waals surface area contributed by atoms with Crippen molar-refractivity contribution in [1.82, 2.24) is 0 Å². The van der Waals surface area contributed by atoms with Crippen LogP contribution in [0.3, 0.4) is 0 Å². The molecule has 6 aromatic carbocycles. The number of hydrogen-bond donors (Lipinski definition) is 0. The average Bonchev–Trinajstić information content (AvgIpc) is 3.56. The SMILES string of the molecule is C1=CC/C(=C(\C=C2\C=CC=CC2)c2ccc(N(c3cccc(-c4cccc5ccccc45)c3)c3ccc4sc5ccccc5c4c3)cc2)C=C1. The zero-order chi connectivity index (χ0) is 33.3. The van der Waals surface area contributed by atoms with Crippen molar-refractivity contribution in [2.24, 2.45) is 0 Å². The van der Waals surface area contributed by atoms with Gasteiger partial charge in [-0.25, -0.2) is 0 Å². The summed E-state index contributed by atoms with van der Waals surface area (Å²) in [4.78, 5) is 2.41. The van der Waals surface area contributed by atoms with E-state index >= 15 is 0 Å². The number of anilines is 3. The second-order valence-electron chi connectivity index (χ2n) is 12.9. The lowest BCUT2D eigenvalue weighted by Gasteiger charge is -2.27. The summed E-state index contributed by atoms with van der Waals surface area (Å²) in [7, 11) is 0. The minimum absolute atomic E-state index is 0.929. The zero-order valence-electron chi connectivity index (χ0n) is 27.7. The summed E-state index contributed by atoms with van der Waals surface area (Å²) in [6, 6.07) is 49.1. The van der Waals surface area contributed by atoms with E-state index in [2.05, 4.69) is 193 Å². The van der Waals surface area contributed by atoms with Gasteiger partial charge in [0, 0.05) is 37.2 Å². The van der Waals surface area contributed by atoms with Crippen LogP contribution in [-0.2, 0) is 0 Å². The van der Waals surface area contributed by atoms with Gasteiger partial charge in [-0.15, -0.1) is 11.3 Å². The van der Waals surface area contributed by atoms with Crippen LogP contribution in [0.15, 0.2) is 199 Å². The van der Waals surface area contributed by atoms with Gasteiger partial charge in [-0.3, -0.25) is 0 Å². The maximum Gasteiger partial charge on any atom is 0.0468 e. The van der Waals surface area contributed by atoms with Gasteiger partial charge in [0.2, 0.25) is 0 Å². The number of allylic oxidation sites excluding steroid dienone is 12. The molecule has 0 spiro atoms. The van der Waals surface area contributed by atoms with E-state index in [-0.39, 0.29) is 0 Å². The lowest BCUT2D eigenvalue weighted by Crippen LogP contribution is -2.10. The highest BCUT2D eigenvalue weighted by molar-refractivity contribution is 7.25. The lowest BCUT2D eigenvalue weighted by atomic mass is 9.92. The van der Waals surface area contributed by atoms with Crippen molar-refractivity contribution in [3.63, 3.8) is 0 Å². The van der Waals surface area contributed by atoms with E-state index in [9.17, 15) is 0 Å². The molecule has 0 fully saturated rings. The molecule has 0 saturated heterocycles. The molecule has 1 aromatic heterocycles. The normalized spacial score (nSPS) is 15.8. The highest BCUT2D eigenvalue weighted by Crippen LogP contribution is 2.42. The van der Waals surface area contributed by atoms with Gasteiger partial charge < -0.3 is 4.90 Å². The van der Waals surface area contributed by atoms with Gasteiger partial charge in [-0.2, -0.15) is 0 Å². The first-order valence-electron chi connectivity index (χ1n) is 17.3. The molecule has 0 atom stereocenters. The second kappa shape index (κ2) is 13.2. The Bertz CT molecular complexity index is 2580. The molecule has 7 aromatic rings. The standard InChI is InChI=1S/C48H35NS/c1-3-13-34(14-4-1)31-45(36-15-5-2-6-16-36)37-25-27-39(28-26-37)49(41-29-30-48-46(33-41)44-22-9-10-24-47(44)50-48)40-20-11-19-38(32-40)43-23-12-18-35-17-7-8-21-42(35)43/h1-13,15,17-33H,14,16H2/b34-31-,45-36+. The molecular formula is C48H35NS. The largest absolute Gasteiger partial charge is 0.310 e. The third-order valence-electron chi connectivity index (χ3n) is 9.73. The molecule has 2 aliphatic carbocycles. The summed E-state index contributed by atoms with van der Waals surface area (Å²) in [6.07, 6.45) is 21.8. The number of benzene rings is 6. The lowest BCUT2D eigenvalue weighted by molar-refractivity contribution is 1.24. The number of rotatable bonds is 6. The van der Waals surface area contributed by atoms with Gasteiger partial charge in [-0.1, -0.05) is 140 Å². The number of hydrogen-bond acceptors (Lipinski definition) is 2. The third-order valence-corrected chi connectivity index (χ3v) is 10.9. The molecule has 2 aliphatic rings. The minimum atomic E-state index is 0.929. The Labute approximate surface area is 297 Å². The average molecular weight is 658 g/mol. The van der Waals surface area contributed by atoms with Gasteiger partial charge in [0.15, 0.2) is 0 Å². The van der Waals surface area contributed by atoms with Gasteiger partial charge in [-0.05, 0) is 106 Å². The first-order chi connectivity index (χ1) is 24.8. The van der Waals surface area contributed by atoms with E-state index in [0.717, 1.165) is 29.9 Å². The van der Waals surface area contributed by atoms with Crippen LogP contribution in [0.4, 0.5) is 17.1 Å². The number of thiophene rings is 1. The Morgan fingerprint density at radius 3 is 2.10 bits per heavy atom. The van der Waals surface area contributed by atoms with E-state index in [1.54, 1.807) is 0 Å². The van der Waals surface area contributed by atoms with Crippen molar-refractivity contribution in [3.05, 3.63) is 205 Å². The van der Waals surface area contributed by atoms with Crippen molar-refractivity contribution < 1.29 is 0 Å². The summed E-state index contributed by atoms with van der Waals surface area (Å²) in [5.41, 5.74) is 11.0. The Hall–Kier alpha value is -5.96. The molecule has 1 nitrogen and oxygen atoms in total. The minimum Gasteiger partial charge on any atom is -0.310 e. The van der Waals surface area contributed by atoms with Gasteiger partial charge in [0.05, 0.1) is 0 Å². The first-order valence-corrected chi connectivity index (χ1v) is 18.1. The Balaban J connectivity index is 1.19. The molecule has 0 unspecified atom stereocenters. The van der Waals surface area contributed by atoms with E-state index in [1.165, 1.54) is 64.4 Å².